The van der Waals surface area contributed by atoms with Crippen molar-refractivity contribution in [1.82, 2.24) is 9.80 Å². The Hall–Kier alpha value is -1.59. The van der Waals surface area contributed by atoms with Gasteiger partial charge in [0.2, 0.25) is 11.8 Å². The van der Waals surface area contributed by atoms with E-state index in [1.807, 2.05) is 6.92 Å². The van der Waals surface area contributed by atoms with Crippen LogP contribution in [0.15, 0.2) is 0 Å². The first-order chi connectivity index (χ1) is 8.87. The van der Waals surface area contributed by atoms with Crippen LogP contribution >= 0.6 is 0 Å². The maximum atomic E-state index is 12.3. The summed E-state index contributed by atoms with van der Waals surface area (Å²) in [6.45, 7) is 5.36. The van der Waals surface area contributed by atoms with Gasteiger partial charge in [-0.05, 0) is 20.3 Å². The third-order valence-electron chi connectivity index (χ3n) is 4.25. The number of hydrogen-bond donors (Lipinski definition) is 1. The van der Waals surface area contributed by atoms with Crippen LogP contribution < -0.4 is 0 Å². The highest BCUT2D eigenvalue weighted by molar-refractivity contribution is 5.90. The average molecular weight is 268 g/mol. The highest BCUT2D eigenvalue weighted by Crippen LogP contribution is 2.32. The molecule has 2 aliphatic heterocycles. The topological polar surface area (TPSA) is 77.9 Å². The van der Waals surface area contributed by atoms with E-state index < -0.39 is 11.4 Å². The molecule has 2 rings (SSSR count). The van der Waals surface area contributed by atoms with Crippen LogP contribution in [0.1, 0.15) is 26.7 Å². The summed E-state index contributed by atoms with van der Waals surface area (Å²) in [5.41, 5.74) is -0.845. The van der Waals surface area contributed by atoms with Crippen LogP contribution in [0.4, 0.5) is 0 Å². The van der Waals surface area contributed by atoms with Gasteiger partial charge in [-0.1, -0.05) is 0 Å². The van der Waals surface area contributed by atoms with Crippen LogP contribution in [0.5, 0.6) is 0 Å². The molecule has 2 fully saturated rings. The van der Waals surface area contributed by atoms with Gasteiger partial charge in [0.25, 0.3) is 0 Å². The zero-order valence-corrected chi connectivity index (χ0v) is 11.4. The van der Waals surface area contributed by atoms with Gasteiger partial charge in [0.1, 0.15) is 0 Å². The van der Waals surface area contributed by atoms with Gasteiger partial charge in [-0.2, -0.15) is 0 Å². The molecule has 2 amide bonds. The summed E-state index contributed by atoms with van der Waals surface area (Å²) in [6, 6.07) is 0. The Morgan fingerprint density at radius 2 is 2.16 bits per heavy atom. The van der Waals surface area contributed by atoms with Crippen LogP contribution in [-0.4, -0.2) is 58.9 Å². The number of carboxylic acids is 1. The fraction of sp³-hybridized carbons (Fsp3) is 0.769. The summed E-state index contributed by atoms with van der Waals surface area (Å²) in [7, 11) is 0. The second-order valence-electron chi connectivity index (χ2n) is 5.71. The van der Waals surface area contributed by atoms with Crippen molar-refractivity contribution in [3.8, 4) is 0 Å². The fourth-order valence-corrected chi connectivity index (χ4v) is 2.83. The summed E-state index contributed by atoms with van der Waals surface area (Å²) < 4.78 is 0. The highest BCUT2D eigenvalue weighted by Gasteiger charge is 2.45. The van der Waals surface area contributed by atoms with Gasteiger partial charge in [-0.15, -0.1) is 0 Å². The molecule has 0 aliphatic carbocycles. The molecule has 0 aromatic rings. The number of hydrogen-bond acceptors (Lipinski definition) is 3. The molecule has 0 saturated carbocycles. The van der Waals surface area contributed by atoms with E-state index in [4.69, 9.17) is 5.11 Å². The maximum Gasteiger partial charge on any atom is 0.311 e. The van der Waals surface area contributed by atoms with E-state index in [-0.39, 0.29) is 30.7 Å². The Morgan fingerprint density at radius 3 is 2.63 bits per heavy atom. The van der Waals surface area contributed by atoms with Gasteiger partial charge >= 0.3 is 5.97 Å². The van der Waals surface area contributed by atoms with E-state index >= 15 is 0 Å². The Morgan fingerprint density at radius 1 is 1.47 bits per heavy atom. The van der Waals surface area contributed by atoms with Crippen LogP contribution in [0.2, 0.25) is 0 Å². The standard InChI is InChI=1S/C13H20N2O4/c1-3-14-7-9(6-10(14)16)11(17)15-5-4-13(2,8-15)12(18)19/h9H,3-8H2,1-2H3,(H,18,19). The number of aliphatic carboxylic acids is 1. The third-order valence-corrected chi connectivity index (χ3v) is 4.25. The second-order valence-corrected chi connectivity index (χ2v) is 5.71. The Labute approximate surface area is 112 Å². The molecule has 0 aromatic heterocycles. The number of carbonyl (C=O) groups is 3. The number of nitrogens with zero attached hydrogens (tertiary/aromatic N) is 2. The SMILES string of the molecule is CCN1CC(C(=O)N2CCC(C)(C(=O)O)C2)CC1=O. The summed E-state index contributed by atoms with van der Waals surface area (Å²) in [5.74, 6) is -1.22. The van der Waals surface area contributed by atoms with Crippen molar-refractivity contribution >= 4 is 17.8 Å². The third kappa shape index (κ3) is 2.43. The lowest BCUT2D eigenvalue weighted by Gasteiger charge is -2.22. The van der Waals surface area contributed by atoms with Gasteiger partial charge < -0.3 is 14.9 Å². The summed E-state index contributed by atoms with van der Waals surface area (Å²) in [4.78, 5) is 38.4. The summed E-state index contributed by atoms with van der Waals surface area (Å²) >= 11 is 0. The quantitative estimate of drug-likeness (QED) is 0.792. The molecule has 106 valence electrons. The molecule has 2 aliphatic rings. The van der Waals surface area contributed by atoms with Crippen molar-refractivity contribution < 1.29 is 19.5 Å². The number of amides is 2. The lowest BCUT2D eigenvalue weighted by molar-refractivity contribution is -0.147. The first-order valence-electron chi connectivity index (χ1n) is 6.67. The van der Waals surface area contributed by atoms with Crippen molar-refractivity contribution in [3.63, 3.8) is 0 Å². The number of likely N-dealkylation sites (tertiary alicyclic amines) is 2. The lowest BCUT2D eigenvalue weighted by atomic mass is 9.90. The van der Waals surface area contributed by atoms with E-state index in [0.29, 0.717) is 26.1 Å². The molecule has 2 unspecified atom stereocenters. The van der Waals surface area contributed by atoms with Gasteiger partial charge in [-0.25, -0.2) is 0 Å². The van der Waals surface area contributed by atoms with Gasteiger partial charge in [0, 0.05) is 32.6 Å². The summed E-state index contributed by atoms with van der Waals surface area (Å²) in [6.07, 6.45) is 0.735. The number of carbonyl (C=O) groups excluding carboxylic acids is 2. The molecule has 6 nitrogen and oxygen atoms in total. The Kier molecular flexibility index (Phi) is 3.52. The minimum absolute atomic E-state index is 0.0149. The Bertz CT molecular complexity index is 423. The van der Waals surface area contributed by atoms with Crippen LogP contribution in [0.25, 0.3) is 0 Å². The smallest absolute Gasteiger partial charge is 0.311 e. The first kappa shape index (κ1) is 13.8. The predicted octanol–water partition coefficient (Wildman–Crippen LogP) is 0.178. The molecule has 2 saturated heterocycles. The molecule has 2 atom stereocenters. The van der Waals surface area contributed by atoms with Gasteiger partial charge in [-0.3, -0.25) is 14.4 Å². The average Bonchev–Trinajstić information content (AvgIpc) is 2.93. The maximum absolute atomic E-state index is 12.3. The molecule has 0 radical (unpaired) electrons. The molecule has 6 heteroatoms. The minimum Gasteiger partial charge on any atom is -0.481 e. The van der Waals surface area contributed by atoms with Crippen molar-refractivity contribution in [1.29, 1.82) is 0 Å². The van der Waals surface area contributed by atoms with Gasteiger partial charge in [0.15, 0.2) is 0 Å². The molecule has 1 N–H and O–H groups in total. The van der Waals surface area contributed by atoms with Crippen LogP contribution in [0.3, 0.4) is 0 Å². The molecular formula is C13H20N2O4. The van der Waals surface area contributed by atoms with Crippen molar-refractivity contribution in [2.24, 2.45) is 11.3 Å². The van der Waals surface area contributed by atoms with E-state index in [1.165, 1.54) is 0 Å². The molecule has 0 spiro atoms. The molecular weight excluding hydrogens is 248 g/mol. The zero-order valence-electron chi connectivity index (χ0n) is 11.4. The molecule has 2 heterocycles. The predicted molar refractivity (Wildman–Crippen MR) is 67.3 cm³/mol. The molecule has 0 aromatic carbocycles. The number of rotatable bonds is 3. The van der Waals surface area contributed by atoms with Crippen molar-refractivity contribution in [2.75, 3.05) is 26.2 Å². The fourth-order valence-electron chi connectivity index (χ4n) is 2.83. The summed E-state index contributed by atoms with van der Waals surface area (Å²) in [5, 5.41) is 9.16. The minimum atomic E-state index is -0.861. The first-order valence-corrected chi connectivity index (χ1v) is 6.67. The zero-order chi connectivity index (χ0) is 14.2. The monoisotopic (exact) mass is 268 g/mol. The van der Waals surface area contributed by atoms with E-state index in [9.17, 15) is 14.4 Å². The van der Waals surface area contributed by atoms with Gasteiger partial charge in [0.05, 0.1) is 11.3 Å². The van der Waals surface area contributed by atoms with E-state index in [1.54, 1.807) is 16.7 Å². The Balaban J connectivity index is 1.99. The van der Waals surface area contributed by atoms with Crippen LogP contribution in [0, 0.1) is 11.3 Å². The van der Waals surface area contributed by atoms with E-state index in [2.05, 4.69) is 0 Å². The molecule has 0 bridgehead atoms. The van der Waals surface area contributed by atoms with E-state index in [0.717, 1.165) is 0 Å². The highest BCUT2D eigenvalue weighted by atomic mass is 16.4. The molecule has 19 heavy (non-hydrogen) atoms. The largest absolute Gasteiger partial charge is 0.481 e. The van der Waals surface area contributed by atoms with Crippen molar-refractivity contribution in [3.05, 3.63) is 0 Å². The normalized spacial score (nSPS) is 31.1. The lowest BCUT2D eigenvalue weighted by Crippen LogP contribution is -2.38. The van der Waals surface area contributed by atoms with Crippen molar-refractivity contribution in [2.45, 2.75) is 26.7 Å². The second kappa shape index (κ2) is 4.83. The van der Waals surface area contributed by atoms with Crippen LogP contribution in [-0.2, 0) is 14.4 Å². The number of carboxylic acid groups (broad SMARTS) is 1.